The molecule has 0 spiro atoms. The number of anilines is 1. The molecule has 4 rings (SSSR count). The second-order valence-corrected chi connectivity index (χ2v) is 8.58. The average Bonchev–Trinajstić information content (AvgIpc) is 2.81. The Hall–Kier alpha value is -4.00. The summed E-state index contributed by atoms with van der Waals surface area (Å²) < 4.78 is 43.6. The van der Waals surface area contributed by atoms with E-state index in [9.17, 15) is 23.2 Å². The number of hydrogen-bond donors (Lipinski definition) is 0. The van der Waals surface area contributed by atoms with Gasteiger partial charge in [-0.1, -0.05) is 12.1 Å². The van der Waals surface area contributed by atoms with Gasteiger partial charge in [-0.25, -0.2) is 4.98 Å². The van der Waals surface area contributed by atoms with Gasteiger partial charge in [0.05, 0.1) is 17.2 Å². The minimum Gasteiger partial charge on any atom is -0.406 e. The molecular formula is C25H24F3N5O2. The summed E-state index contributed by atoms with van der Waals surface area (Å²) >= 11 is 0. The van der Waals surface area contributed by atoms with Crippen molar-refractivity contribution in [1.82, 2.24) is 14.5 Å². The first kappa shape index (κ1) is 24.1. The zero-order valence-electron chi connectivity index (χ0n) is 19.7. The first-order valence-electron chi connectivity index (χ1n) is 11.0. The predicted molar refractivity (Wildman–Crippen MR) is 126 cm³/mol. The molecule has 0 radical (unpaired) electrons. The largest absolute Gasteiger partial charge is 0.573 e. The van der Waals surface area contributed by atoms with E-state index in [1.54, 1.807) is 25.2 Å². The minimum atomic E-state index is -4.76. The zero-order chi connectivity index (χ0) is 25.5. The SMILES string of the molecule is CC1=CN(C(C)c2cccc(OC(F)(F)F)c2)[C@H](C)CN1c1cc(=O)n(C)c2ccc(C#N)nc12. The summed E-state index contributed by atoms with van der Waals surface area (Å²) in [7, 11) is 1.66. The summed E-state index contributed by atoms with van der Waals surface area (Å²) in [5.74, 6) is -0.264. The third-order valence-corrected chi connectivity index (χ3v) is 6.21. The number of nitriles is 1. The number of alkyl halides is 3. The van der Waals surface area contributed by atoms with E-state index in [4.69, 9.17) is 0 Å². The van der Waals surface area contributed by atoms with Gasteiger partial charge in [0.25, 0.3) is 5.56 Å². The molecule has 3 heterocycles. The monoisotopic (exact) mass is 483 g/mol. The van der Waals surface area contributed by atoms with Crippen LogP contribution in [0.1, 0.15) is 38.1 Å². The van der Waals surface area contributed by atoms with Crippen LogP contribution in [0.2, 0.25) is 0 Å². The fourth-order valence-electron chi connectivity index (χ4n) is 4.42. The van der Waals surface area contributed by atoms with Crippen LogP contribution in [0.15, 0.2) is 59.2 Å². The quantitative estimate of drug-likeness (QED) is 0.529. The highest BCUT2D eigenvalue weighted by atomic mass is 19.4. The van der Waals surface area contributed by atoms with Crippen molar-refractivity contribution in [1.29, 1.82) is 5.26 Å². The number of halogens is 3. The van der Waals surface area contributed by atoms with Gasteiger partial charge in [0, 0.05) is 37.6 Å². The Morgan fingerprint density at radius 3 is 2.66 bits per heavy atom. The molecule has 10 heteroatoms. The summed E-state index contributed by atoms with van der Waals surface area (Å²) in [6, 6.07) is 12.5. The van der Waals surface area contributed by atoms with Crippen molar-refractivity contribution in [2.45, 2.75) is 39.2 Å². The van der Waals surface area contributed by atoms with Gasteiger partial charge in [-0.2, -0.15) is 5.26 Å². The van der Waals surface area contributed by atoms with E-state index < -0.39 is 6.36 Å². The number of ether oxygens (including phenoxy) is 1. The maximum absolute atomic E-state index is 12.7. The maximum Gasteiger partial charge on any atom is 0.573 e. The van der Waals surface area contributed by atoms with Gasteiger partial charge in [-0.15, -0.1) is 13.2 Å². The molecule has 2 atom stereocenters. The number of rotatable bonds is 4. The molecule has 0 saturated heterocycles. The number of pyridine rings is 2. The van der Waals surface area contributed by atoms with Crippen molar-refractivity contribution in [3.05, 3.63) is 76.0 Å². The number of fused-ring (bicyclic) bond motifs is 1. The van der Waals surface area contributed by atoms with Crippen molar-refractivity contribution in [3.8, 4) is 11.8 Å². The van der Waals surface area contributed by atoms with Gasteiger partial charge in [0.2, 0.25) is 0 Å². The van der Waals surface area contributed by atoms with Gasteiger partial charge < -0.3 is 19.1 Å². The lowest BCUT2D eigenvalue weighted by atomic mass is 10.0. The van der Waals surface area contributed by atoms with Crippen LogP contribution in [0, 0.1) is 11.3 Å². The van der Waals surface area contributed by atoms with Crippen molar-refractivity contribution >= 4 is 16.7 Å². The number of nitrogens with zero attached hydrogens (tertiary/aromatic N) is 5. The molecule has 0 saturated carbocycles. The van der Waals surface area contributed by atoms with E-state index in [0.717, 1.165) is 5.70 Å². The molecule has 0 aliphatic carbocycles. The lowest BCUT2D eigenvalue weighted by molar-refractivity contribution is -0.274. The zero-order valence-corrected chi connectivity index (χ0v) is 19.7. The molecular weight excluding hydrogens is 459 g/mol. The Kier molecular flexibility index (Phi) is 6.19. The lowest BCUT2D eigenvalue weighted by Gasteiger charge is -2.43. The molecule has 35 heavy (non-hydrogen) atoms. The van der Waals surface area contributed by atoms with Crippen LogP contribution < -0.4 is 15.2 Å². The number of allylic oxidation sites excluding steroid dienone is 1. The van der Waals surface area contributed by atoms with E-state index in [-0.39, 0.29) is 29.1 Å². The molecule has 1 aliphatic rings. The molecule has 1 aliphatic heterocycles. The summed E-state index contributed by atoms with van der Waals surface area (Å²) in [5.41, 5.74) is 3.33. The highest BCUT2D eigenvalue weighted by molar-refractivity contribution is 5.89. The van der Waals surface area contributed by atoms with Gasteiger partial charge in [0.1, 0.15) is 23.0 Å². The van der Waals surface area contributed by atoms with Crippen molar-refractivity contribution in [2.75, 3.05) is 11.4 Å². The van der Waals surface area contributed by atoms with Crippen LogP contribution in [0.3, 0.4) is 0 Å². The number of aromatic nitrogens is 2. The van der Waals surface area contributed by atoms with Gasteiger partial charge in [-0.05, 0) is 50.6 Å². The van der Waals surface area contributed by atoms with E-state index in [0.29, 0.717) is 28.8 Å². The Morgan fingerprint density at radius 1 is 1.23 bits per heavy atom. The highest BCUT2D eigenvalue weighted by Crippen LogP contribution is 2.34. The van der Waals surface area contributed by atoms with Crippen LogP contribution in [0.4, 0.5) is 18.9 Å². The fourth-order valence-corrected chi connectivity index (χ4v) is 4.42. The number of hydrogen-bond acceptors (Lipinski definition) is 6. The summed E-state index contributed by atoms with van der Waals surface area (Å²) in [4.78, 5) is 21.2. The van der Waals surface area contributed by atoms with Crippen molar-refractivity contribution in [2.24, 2.45) is 7.05 Å². The lowest BCUT2D eigenvalue weighted by Crippen LogP contribution is -2.45. The van der Waals surface area contributed by atoms with E-state index >= 15 is 0 Å². The second kappa shape index (κ2) is 8.98. The van der Waals surface area contributed by atoms with Crippen molar-refractivity contribution in [3.63, 3.8) is 0 Å². The van der Waals surface area contributed by atoms with Gasteiger partial charge in [0.15, 0.2) is 0 Å². The number of benzene rings is 1. The van der Waals surface area contributed by atoms with Crippen LogP contribution in [-0.2, 0) is 7.05 Å². The molecule has 3 aromatic rings. The molecule has 182 valence electrons. The Balaban J connectivity index is 1.71. The van der Waals surface area contributed by atoms with Crippen LogP contribution in [0.5, 0.6) is 5.75 Å². The van der Waals surface area contributed by atoms with E-state index in [2.05, 4.69) is 14.6 Å². The number of aryl methyl sites for hydroxylation is 1. The Bertz CT molecular complexity index is 1410. The topological polar surface area (TPSA) is 74.4 Å². The molecule has 1 aromatic carbocycles. The normalized spacial score (nSPS) is 17.2. The minimum absolute atomic E-state index is 0.0563. The van der Waals surface area contributed by atoms with Crippen LogP contribution >= 0.6 is 0 Å². The first-order valence-corrected chi connectivity index (χ1v) is 11.0. The smallest absolute Gasteiger partial charge is 0.406 e. The summed E-state index contributed by atoms with van der Waals surface area (Å²) in [5, 5.41) is 9.32. The Labute approximate surface area is 200 Å². The standard InChI is InChI=1S/C25H24F3N5O2/c1-15-14-33(22-11-23(34)31(4)21-9-8-19(12-29)30-24(21)22)16(2)13-32(15)17(3)18-6-5-7-20(10-18)35-25(26,27)28/h5-11,13,15,17H,14H2,1-4H3/t15-,17?/m1/s1. The first-order chi connectivity index (χ1) is 16.5. The van der Waals surface area contributed by atoms with Gasteiger partial charge in [-0.3, -0.25) is 4.79 Å². The predicted octanol–water partition coefficient (Wildman–Crippen LogP) is 4.84. The van der Waals surface area contributed by atoms with Crippen LogP contribution in [-0.4, -0.2) is 33.4 Å². The molecule has 0 N–H and O–H groups in total. The molecule has 0 amide bonds. The summed E-state index contributed by atoms with van der Waals surface area (Å²) in [6.45, 7) is 6.31. The molecule has 7 nitrogen and oxygen atoms in total. The molecule has 2 aromatic heterocycles. The third-order valence-electron chi connectivity index (χ3n) is 6.21. The molecule has 0 bridgehead atoms. The fraction of sp³-hybridized carbons (Fsp3) is 0.320. The third kappa shape index (κ3) is 4.80. The highest BCUT2D eigenvalue weighted by Gasteiger charge is 2.32. The maximum atomic E-state index is 12.7. The molecule has 0 fully saturated rings. The van der Waals surface area contributed by atoms with Crippen molar-refractivity contribution < 1.29 is 17.9 Å². The van der Waals surface area contributed by atoms with E-state index in [1.165, 1.54) is 28.8 Å². The van der Waals surface area contributed by atoms with Crippen LogP contribution in [0.25, 0.3) is 11.0 Å². The Morgan fingerprint density at radius 2 is 1.97 bits per heavy atom. The van der Waals surface area contributed by atoms with E-state index in [1.807, 2.05) is 37.9 Å². The molecule has 1 unspecified atom stereocenters. The average molecular weight is 483 g/mol. The summed E-state index contributed by atoms with van der Waals surface area (Å²) in [6.07, 6.45) is -2.83. The second-order valence-electron chi connectivity index (χ2n) is 8.58. The van der Waals surface area contributed by atoms with Gasteiger partial charge >= 0.3 is 6.36 Å².